The highest BCUT2D eigenvalue weighted by Gasteiger charge is 2.01. The Labute approximate surface area is 69.2 Å². The van der Waals surface area contributed by atoms with E-state index in [0.29, 0.717) is 6.54 Å². The maximum atomic E-state index is 10.9. The van der Waals surface area contributed by atoms with E-state index in [1.165, 1.54) is 12.4 Å². The van der Waals surface area contributed by atoms with Crippen molar-refractivity contribution in [1.29, 1.82) is 0 Å². The number of amides is 1. The van der Waals surface area contributed by atoms with E-state index in [1.54, 1.807) is 0 Å². The molecular formula is C6H9N5O. The molecule has 1 heterocycles. The Morgan fingerprint density at radius 3 is 3.00 bits per heavy atom. The van der Waals surface area contributed by atoms with Gasteiger partial charge in [0.05, 0.1) is 12.4 Å². The molecule has 0 aromatic carbocycles. The van der Waals surface area contributed by atoms with Crippen molar-refractivity contribution in [2.45, 2.75) is 6.42 Å². The molecule has 64 valence electrons. The fourth-order valence-electron chi connectivity index (χ4n) is 0.623. The van der Waals surface area contributed by atoms with Gasteiger partial charge in [0.1, 0.15) is 0 Å². The standard InChI is InChI=1S/C6H9N5O/c7-2-1-5(12)10-6-8-3-4-9-11-6/h3-4H,1-2,7H2,(H,8,10,11,12). The summed E-state index contributed by atoms with van der Waals surface area (Å²) in [5, 5.41) is 9.55. The van der Waals surface area contributed by atoms with Crippen LogP contribution in [0, 0.1) is 0 Å². The first-order valence-corrected chi connectivity index (χ1v) is 3.46. The summed E-state index contributed by atoms with van der Waals surface area (Å²) in [6.45, 7) is 0.312. The molecule has 1 aromatic heterocycles. The van der Waals surface area contributed by atoms with Gasteiger partial charge in [-0.05, 0) is 0 Å². The van der Waals surface area contributed by atoms with Crippen molar-refractivity contribution in [3.63, 3.8) is 0 Å². The van der Waals surface area contributed by atoms with Gasteiger partial charge in [0.15, 0.2) is 0 Å². The molecule has 0 radical (unpaired) electrons. The molecule has 0 fully saturated rings. The molecule has 0 saturated heterocycles. The number of aromatic nitrogens is 3. The Morgan fingerprint density at radius 1 is 1.58 bits per heavy atom. The minimum Gasteiger partial charge on any atom is -0.330 e. The SMILES string of the molecule is NCCC(=O)Nc1nccnn1. The van der Waals surface area contributed by atoms with E-state index in [4.69, 9.17) is 5.73 Å². The lowest BCUT2D eigenvalue weighted by molar-refractivity contribution is -0.116. The second kappa shape index (κ2) is 4.35. The summed E-state index contributed by atoms with van der Waals surface area (Å²) in [5.74, 6) is 0.00134. The van der Waals surface area contributed by atoms with Crippen molar-refractivity contribution >= 4 is 11.9 Å². The number of hydrogen-bond acceptors (Lipinski definition) is 5. The molecule has 0 atom stereocenters. The minimum absolute atomic E-state index is 0.203. The van der Waals surface area contributed by atoms with Crippen LogP contribution in [-0.4, -0.2) is 27.6 Å². The van der Waals surface area contributed by atoms with Crippen LogP contribution in [0.3, 0.4) is 0 Å². The molecule has 3 N–H and O–H groups in total. The molecule has 0 bridgehead atoms. The van der Waals surface area contributed by atoms with E-state index in [9.17, 15) is 4.79 Å². The topological polar surface area (TPSA) is 93.8 Å². The van der Waals surface area contributed by atoms with Crippen molar-refractivity contribution < 1.29 is 4.79 Å². The predicted molar refractivity (Wildman–Crippen MR) is 42.1 cm³/mol. The number of nitrogens with one attached hydrogen (secondary N) is 1. The lowest BCUT2D eigenvalue weighted by atomic mass is 10.4. The smallest absolute Gasteiger partial charge is 0.249 e. The Morgan fingerprint density at radius 2 is 2.42 bits per heavy atom. The molecule has 0 aliphatic carbocycles. The molecule has 6 nitrogen and oxygen atoms in total. The van der Waals surface area contributed by atoms with Gasteiger partial charge < -0.3 is 5.73 Å². The van der Waals surface area contributed by atoms with E-state index in [0.717, 1.165) is 0 Å². The number of carbonyl (C=O) groups is 1. The van der Waals surface area contributed by atoms with Crippen molar-refractivity contribution in [1.82, 2.24) is 15.2 Å². The Kier molecular flexibility index (Phi) is 3.09. The van der Waals surface area contributed by atoms with Crippen LogP contribution < -0.4 is 11.1 Å². The average molecular weight is 167 g/mol. The van der Waals surface area contributed by atoms with E-state index < -0.39 is 0 Å². The highest BCUT2D eigenvalue weighted by atomic mass is 16.1. The molecule has 0 aliphatic rings. The van der Waals surface area contributed by atoms with Gasteiger partial charge in [-0.1, -0.05) is 0 Å². The summed E-state index contributed by atoms with van der Waals surface area (Å²) < 4.78 is 0. The lowest BCUT2D eigenvalue weighted by Crippen LogP contribution is -2.17. The van der Waals surface area contributed by atoms with E-state index in [2.05, 4.69) is 20.5 Å². The Hall–Kier alpha value is -1.56. The number of anilines is 1. The number of carbonyl (C=O) groups excluding carboxylic acids is 1. The molecule has 0 spiro atoms. The molecule has 0 saturated carbocycles. The van der Waals surface area contributed by atoms with Gasteiger partial charge in [0, 0.05) is 13.0 Å². The van der Waals surface area contributed by atoms with Crippen LogP contribution >= 0.6 is 0 Å². The van der Waals surface area contributed by atoms with Crippen LogP contribution in [0.1, 0.15) is 6.42 Å². The van der Waals surface area contributed by atoms with Crippen molar-refractivity contribution in [3.8, 4) is 0 Å². The van der Waals surface area contributed by atoms with Gasteiger partial charge in [-0.2, -0.15) is 5.10 Å². The number of nitrogens with two attached hydrogens (primary N) is 1. The van der Waals surface area contributed by atoms with E-state index >= 15 is 0 Å². The first kappa shape index (κ1) is 8.54. The fourth-order valence-corrected chi connectivity index (χ4v) is 0.623. The highest BCUT2D eigenvalue weighted by molar-refractivity contribution is 5.88. The van der Waals surface area contributed by atoms with Gasteiger partial charge in [-0.25, -0.2) is 4.98 Å². The van der Waals surface area contributed by atoms with Gasteiger partial charge in [0.2, 0.25) is 11.9 Å². The largest absolute Gasteiger partial charge is 0.330 e. The van der Waals surface area contributed by atoms with Crippen molar-refractivity contribution in [2.24, 2.45) is 5.73 Å². The zero-order valence-electron chi connectivity index (χ0n) is 6.40. The van der Waals surface area contributed by atoms with Crippen LogP contribution in [0.2, 0.25) is 0 Å². The Balaban J connectivity index is 2.47. The fraction of sp³-hybridized carbons (Fsp3) is 0.333. The maximum Gasteiger partial charge on any atom is 0.249 e. The van der Waals surface area contributed by atoms with Crippen LogP contribution in [-0.2, 0) is 4.79 Å². The third-order valence-electron chi connectivity index (χ3n) is 1.11. The zero-order valence-corrected chi connectivity index (χ0v) is 6.40. The normalized spacial score (nSPS) is 9.42. The van der Waals surface area contributed by atoms with Crippen LogP contribution in [0.4, 0.5) is 5.95 Å². The molecular weight excluding hydrogens is 158 g/mol. The van der Waals surface area contributed by atoms with Crippen LogP contribution in [0.5, 0.6) is 0 Å². The number of rotatable bonds is 3. The van der Waals surface area contributed by atoms with Gasteiger partial charge >= 0.3 is 0 Å². The maximum absolute atomic E-state index is 10.9. The Bertz CT molecular complexity index is 249. The summed E-state index contributed by atoms with van der Waals surface area (Å²) >= 11 is 0. The monoisotopic (exact) mass is 167 g/mol. The van der Waals surface area contributed by atoms with Crippen molar-refractivity contribution in [2.75, 3.05) is 11.9 Å². The third kappa shape index (κ3) is 2.59. The molecule has 1 rings (SSSR count). The summed E-state index contributed by atoms with van der Waals surface area (Å²) in [7, 11) is 0. The minimum atomic E-state index is -0.203. The summed E-state index contributed by atoms with van der Waals surface area (Å²) in [6, 6.07) is 0. The predicted octanol–water partition coefficient (Wildman–Crippen LogP) is -0.841. The summed E-state index contributed by atoms with van der Waals surface area (Å²) in [5.41, 5.74) is 5.17. The van der Waals surface area contributed by atoms with Crippen LogP contribution in [0.25, 0.3) is 0 Å². The molecule has 0 unspecified atom stereocenters. The van der Waals surface area contributed by atoms with Crippen LogP contribution in [0.15, 0.2) is 12.4 Å². The highest BCUT2D eigenvalue weighted by Crippen LogP contribution is 1.92. The third-order valence-corrected chi connectivity index (χ3v) is 1.11. The second-order valence-corrected chi connectivity index (χ2v) is 2.05. The quantitative estimate of drug-likeness (QED) is 0.612. The average Bonchev–Trinajstić information content (AvgIpc) is 2.06. The first-order chi connectivity index (χ1) is 5.83. The molecule has 6 heteroatoms. The second-order valence-electron chi connectivity index (χ2n) is 2.05. The van der Waals surface area contributed by atoms with Crippen molar-refractivity contribution in [3.05, 3.63) is 12.4 Å². The number of nitrogens with zero attached hydrogens (tertiary/aromatic N) is 3. The molecule has 0 aliphatic heterocycles. The lowest BCUT2D eigenvalue weighted by Gasteiger charge is -1.98. The molecule has 1 amide bonds. The number of hydrogen-bond donors (Lipinski definition) is 2. The molecule has 1 aromatic rings. The van der Waals surface area contributed by atoms with Gasteiger partial charge in [-0.3, -0.25) is 10.1 Å². The van der Waals surface area contributed by atoms with Gasteiger partial charge in [0.25, 0.3) is 0 Å². The summed E-state index contributed by atoms with van der Waals surface area (Å²) in [6.07, 6.45) is 3.14. The zero-order chi connectivity index (χ0) is 8.81. The summed E-state index contributed by atoms with van der Waals surface area (Å²) in [4.78, 5) is 14.7. The first-order valence-electron chi connectivity index (χ1n) is 3.46. The van der Waals surface area contributed by atoms with Gasteiger partial charge in [-0.15, -0.1) is 5.10 Å². The molecule has 12 heavy (non-hydrogen) atoms. The van der Waals surface area contributed by atoms with E-state index in [1.807, 2.05) is 0 Å². The van der Waals surface area contributed by atoms with E-state index in [-0.39, 0.29) is 18.3 Å².